The summed E-state index contributed by atoms with van der Waals surface area (Å²) in [6, 6.07) is 4.39. The first-order chi connectivity index (χ1) is 10.7. The van der Waals surface area contributed by atoms with E-state index < -0.39 is 8.60 Å². The van der Waals surface area contributed by atoms with Gasteiger partial charge in [0.25, 0.3) is 0 Å². The molecule has 0 saturated carbocycles. The smallest absolute Gasteiger partial charge is 0.424 e. The predicted molar refractivity (Wildman–Crippen MR) is 104 cm³/mol. The predicted octanol–water partition coefficient (Wildman–Crippen LogP) is 7.53. The summed E-state index contributed by atoms with van der Waals surface area (Å²) in [4.78, 5) is 0. The Labute approximate surface area is 158 Å². The lowest BCUT2D eigenvalue weighted by atomic mass is 9.75. The van der Waals surface area contributed by atoms with Crippen LogP contribution in [0, 0.1) is 0 Å². The van der Waals surface area contributed by atoms with E-state index in [1.807, 2.05) is 0 Å². The SMILES string of the molecule is CC(C)(C)c1cc(C(C)(C)C)c(OP(OCl)OCl)c(C(C)(C)C)c1. The minimum absolute atomic E-state index is 0.0230. The summed E-state index contributed by atoms with van der Waals surface area (Å²) in [7, 11) is -1.87. The monoisotopic (exact) mass is 394 g/mol. The van der Waals surface area contributed by atoms with Crippen LogP contribution >= 0.6 is 32.3 Å². The summed E-state index contributed by atoms with van der Waals surface area (Å²) in [5.41, 5.74) is 3.18. The third kappa shape index (κ3) is 5.47. The average molecular weight is 395 g/mol. The summed E-state index contributed by atoms with van der Waals surface area (Å²) in [6.07, 6.45) is 0. The lowest BCUT2D eigenvalue weighted by molar-refractivity contribution is 0.400. The second-order valence-electron chi connectivity index (χ2n) is 9.10. The number of hydrogen-bond acceptors (Lipinski definition) is 3. The zero-order valence-corrected chi connectivity index (χ0v) is 18.5. The Balaban J connectivity index is 3.74. The average Bonchev–Trinajstić information content (AvgIpc) is 2.40. The van der Waals surface area contributed by atoms with Crippen LogP contribution in [0.1, 0.15) is 79.0 Å². The summed E-state index contributed by atoms with van der Waals surface area (Å²) in [5.74, 6) is 0.732. The molecule has 0 heterocycles. The van der Waals surface area contributed by atoms with Gasteiger partial charge in [0.05, 0.1) is 23.7 Å². The van der Waals surface area contributed by atoms with Crippen molar-refractivity contribution in [1.82, 2.24) is 0 Å². The van der Waals surface area contributed by atoms with Gasteiger partial charge in [-0.3, -0.25) is 0 Å². The first kappa shape index (κ1) is 22.0. The molecule has 1 rings (SSSR count). The lowest BCUT2D eigenvalue weighted by Gasteiger charge is -2.33. The van der Waals surface area contributed by atoms with Gasteiger partial charge in [0.1, 0.15) is 5.75 Å². The molecule has 0 fully saturated rings. The van der Waals surface area contributed by atoms with Crippen LogP contribution in [-0.2, 0) is 24.4 Å². The molecule has 1 aromatic carbocycles. The Morgan fingerprint density at radius 3 is 1.33 bits per heavy atom. The van der Waals surface area contributed by atoms with Crippen LogP contribution in [0.4, 0.5) is 0 Å². The molecule has 3 nitrogen and oxygen atoms in total. The van der Waals surface area contributed by atoms with Crippen LogP contribution in [0.5, 0.6) is 5.75 Å². The van der Waals surface area contributed by atoms with Crippen LogP contribution in [0.2, 0.25) is 0 Å². The summed E-state index contributed by atoms with van der Waals surface area (Å²) >= 11 is 10.9. The summed E-state index contributed by atoms with van der Waals surface area (Å²) in [6.45, 7) is 19.5. The first-order valence-electron chi connectivity index (χ1n) is 7.97. The molecule has 0 saturated heterocycles. The largest absolute Gasteiger partial charge is 0.433 e. The van der Waals surface area contributed by atoms with Crippen LogP contribution in [0.15, 0.2) is 12.1 Å². The van der Waals surface area contributed by atoms with Crippen LogP contribution in [0.3, 0.4) is 0 Å². The van der Waals surface area contributed by atoms with Gasteiger partial charge >= 0.3 is 8.60 Å². The highest BCUT2D eigenvalue weighted by atomic mass is 35.5. The third-order valence-electron chi connectivity index (χ3n) is 3.85. The van der Waals surface area contributed by atoms with Crippen molar-refractivity contribution in [1.29, 1.82) is 0 Å². The molecule has 1 aromatic rings. The fourth-order valence-corrected chi connectivity index (χ4v) is 3.24. The second-order valence-corrected chi connectivity index (χ2v) is 10.8. The molecule has 0 spiro atoms. The van der Waals surface area contributed by atoms with Crippen molar-refractivity contribution >= 4 is 32.3 Å². The maximum absolute atomic E-state index is 5.95. The van der Waals surface area contributed by atoms with E-state index >= 15 is 0 Å². The number of benzene rings is 1. The molecule has 0 bridgehead atoms. The lowest BCUT2D eigenvalue weighted by Crippen LogP contribution is -2.22. The van der Waals surface area contributed by atoms with Gasteiger partial charge in [-0.05, 0) is 21.8 Å². The molecular formula is C18H29Cl2O3P. The minimum Gasteiger partial charge on any atom is -0.424 e. The van der Waals surface area contributed by atoms with Gasteiger partial charge in [-0.25, -0.2) is 0 Å². The summed E-state index contributed by atoms with van der Waals surface area (Å²) < 4.78 is 15.3. The highest BCUT2D eigenvalue weighted by Crippen LogP contribution is 2.50. The Morgan fingerprint density at radius 2 is 1.08 bits per heavy atom. The van der Waals surface area contributed by atoms with Crippen molar-refractivity contribution in [2.45, 2.75) is 78.6 Å². The number of halogens is 2. The van der Waals surface area contributed by atoms with E-state index in [2.05, 4.69) is 74.4 Å². The highest BCUT2D eigenvalue weighted by Gasteiger charge is 2.32. The van der Waals surface area contributed by atoms with Gasteiger partial charge in [-0.15, -0.1) is 0 Å². The summed E-state index contributed by atoms with van der Waals surface area (Å²) in [5, 5.41) is 0. The third-order valence-corrected chi connectivity index (χ3v) is 5.08. The van der Waals surface area contributed by atoms with E-state index in [1.54, 1.807) is 0 Å². The molecule has 6 heteroatoms. The Kier molecular flexibility index (Phi) is 7.04. The van der Waals surface area contributed by atoms with Crippen molar-refractivity contribution < 1.29 is 12.7 Å². The van der Waals surface area contributed by atoms with Gasteiger partial charge in [-0.1, -0.05) is 74.4 Å². The maximum atomic E-state index is 5.95. The fourth-order valence-electron chi connectivity index (χ4n) is 2.39. The maximum Gasteiger partial charge on any atom is 0.433 e. The Bertz CT molecular complexity index is 530. The molecule has 0 radical (unpaired) electrons. The molecule has 0 aromatic heterocycles. The standard InChI is InChI=1S/C18H29Cl2O3P/c1-16(2,3)12-10-13(17(4,5)6)15(21-24(22-19)23-20)14(11-12)18(7,8)9/h10-11H,1-9H3. The molecule has 24 heavy (non-hydrogen) atoms. The quantitative estimate of drug-likeness (QED) is 0.493. The van der Waals surface area contributed by atoms with Crippen molar-refractivity contribution in [2.75, 3.05) is 0 Å². The van der Waals surface area contributed by atoms with Gasteiger partial charge in [0, 0.05) is 11.1 Å². The zero-order valence-electron chi connectivity index (χ0n) is 16.1. The van der Waals surface area contributed by atoms with Crippen molar-refractivity contribution in [3.63, 3.8) is 0 Å². The number of hydrogen-bond donors (Lipinski definition) is 0. The topological polar surface area (TPSA) is 27.7 Å². The molecule has 0 amide bonds. The van der Waals surface area contributed by atoms with Crippen molar-refractivity contribution in [3.05, 3.63) is 28.8 Å². The van der Waals surface area contributed by atoms with Crippen LogP contribution in [0.25, 0.3) is 0 Å². The molecule has 0 aliphatic carbocycles. The van der Waals surface area contributed by atoms with E-state index in [9.17, 15) is 0 Å². The van der Waals surface area contributed by atoms with Gasteiger partial charge < -0.3 is 4.52 Å². The van der Waals surface area contributed by atoms with Crippen LogP contribution in [-0.4, -0.2) is 0 Å². The Morgan fingerprint density at radius 1 is 0.708 bits per heavy atom. The van der Waals surface area contributed by atoms with E-state index in [1.165, 1.54) is 5.56 Å². The van der Waals surface area contributed by atoms with Gasteiger partial charge in [0.15, 0.2) is 0 Å². The van der Waals surface area contributed by atoms with Crippen molar-refractivity contribution in [3.8, 4) is 5.75 Å². The van der Waals surface area contributed by atoms with E-state index in [4.69, 9.17) is 36.4 Å². The number of rotatable bonds is 4. The molecule has 138 valence electrons. The molecule has 0 aliphatic heterocycles. The van der Waals surface area contributed by atoms with E-state index in [0.717, 1.165) is 16.9 Å². The van der Waals surface area contributed by atoms with Gasteiger partial charge in [0.2, 0.25) is 0 Å². The van der Waals surface area contributed by atoms with Crippen LogP contribution < -0.4 is 4.52 Å². The van der Waals surface area contributed by atoms with Gasteiger partial charge in [-0.2, -0.15) is 8.15 Å². The molecule has 0 aliphatic rings. The fraction of sp³-hybridized carbons (Fsp3) is 0.667. The second kappa shape index (κ2) is 7.68. The molecule has 0 unspecified atom stereocenters. The minimum atomic E-state index is -1.87. The molecule has 0 N–H and O–H groups in total. The normalized spacial score (nSPS) is 13.5. The van der Waals surface area contributed by atoms with E-state index in [0.29, 0.717) is 0 Å². The zero-order chi connectivity index (χ0) is 18.9. The highest BCUT2D eigenvalue weighted by molar-refractivity contribution is 7.44. The Hall–Kier alpha value is -0.0500. The first-order valence-corrected chi connectivity index (χ1v) is 9.68. The molecule has 0 atom stereocenters. The van der Waals surface area contributed by atoms with Crippen molar-refractivity contribution in [2.24, 2.45) is 0 Å². The molecular weight excluding hydrogens is 366 g/mol. The van der Waals surface area contributed by atoms with E-state index in [-0.39, 0.29) is 16.2 Å².